The standard InChI is InChI=1S/C23H14Cl4N2O2/c24-17-4-6-19(7-5-17)29-23(30)16(12-28)9-14-1-8-22(21(27)10-14)31-13-15-2-3-18(25)11-20(15)26/h1-11H,13H2,(H,29,30)/b16-9+. The van der Waals surface area contributed by atoms with E-state index in [-0.39, 0.29) is 12.2 Å². The predicted octanol–water partition coefficient (Wildman–Crippen LogP) is 7.42. The number of nitrogens with zero attached hydrogens (tertiary/aromatic N) is 1. The molecule has 0 saturated heterocycles. The molecule has 0 saturated carbocycles. The van der Waals surface area contributed by atoms with Gasteiger partial charge in [0.05, 0.1) is 5.02 Å². The Hall–Kier alpha value is -2.68. The van der Waals surface area contributed by atoms with Crippen LogP contribution in [0.1, 0.15) is 11.1 Å². The molecule has 0 radical (unpaired) electrons. The number of hydrogen-bond acceptors (Lipinski definition) is 3. The number of carbonyl (C=O) groups excluding carboxylic acids is 1. The van der Waals surface area contributed by atoms with Gasteiger partial charge in [0.25, 0.3) is 5.91 Å². The van der Waals surface area contributed by atoms with Gasteiger partial charge in [-0.05, 0) is 60.2 Å². The summed E-state index contributed by atoms with van der Waals surface area (Å²) in [5, 5.41) is 13.9. The lowest BCUT2D eigenvalue weighted by Crippen LogP contribution is -2.13. The molecule has 0 heterocycles. The topological polar surface area (TPSA) is 62.1 Å². The van der Waals surface area contributed by atoms with Crippen LogP contribution in [0.5, 0.6) is 5.75 Å². The molecule has 0 fully saturated rings. The van der Waals surface area contributed by atoms with Crippen LogP contribution in [-0.4, -0.2) is 5.91 Å². The van der Waals surface area contributed by atoms with Crippen molar-refractivity contribution in [2.75, 3.05) is 5.32 Å². The van der Waals surface area contributed by atoms with Gasteiger partial charge in [-0.1, -0.05) is 58.5 Å². The molecular weight excluding hydrogens is 478 g/mol. The van der Waals surface area contributed by atoms with Gasteiger partial charge in [0.1, 0.15) is 24.0 Å². The highest BCUT2D eigenvalue weighted by Gasteiger charge is 2.11. The Morgan fingerprint density at radius 2 is 1.65 bits per heavy atom. The van der Waals surface area contributed by atoms with Gasteiger partial charge in [0.2, 0.25) is 0 Å². The first-order valence-corrected chi connectivity index (χ1v) is 10.4. The molecule has 0 aliphatic rings. The van der Waals surface area contributed by atoms with Crippen LogP contribution in [0.3, 0.4) is 0 Å². The molecule has 0 spiro atoms. The number of ether oxygens (including phenoxy) is 1. The maximum atomic E-state index is 12.4. The van der Waals surface area contributed by atoms with Crippen molar-refractivity contribution >= 4 is 64.1 Å². The van der Waals surface area contributed by atoms with Gasteiger partial charge < -0.3 is 10.1 Å². The van der Waals surface area contributed by atoms with Crippen LogP contribution in [0.2, 0.25) is 20.1 Å². The number of carbonyl (C=O) groups is 1. The summed E-state index contributed by atoms with van der Waals surface area (Å²) in [6, 6.07) is 18.6. The summed E-state index contributed by atoms with van der Waals surface area (Å²) in [5.74, 6) is -0.104. The molecule has 0 atom stereocenters. The van der Waals surface area contributed by atoms with E-state index in [4.69, 9.17) is 51.1 Å². The minimum Gasteiger partial charge on any atom is -0.487 e. The third-order valence-corrected chi connectivity index (χ3v) is 5.27. The number of halogens is 4. The first-order chi connectivity index (χ1) is 14.9. The Kier molecular flexibility index (Phi) is 7.84. The molecule has 0 unspecified atom stereocenters. The van der Waals surface area contributed by atoms with Crippen molar-refractivity contribution in [1.29, 1.82) is 5.26 Å². The lowest BCUT2D eigenvalue weighted by Gasteiger charge is -2.10. The van der Waals surface area contributed by atoms with Crippen molar-refractivity contribution in [3.8, 4) is 11.8 Å². The van der Waals surface area contributed by atoms with Crippen LogP contribution in [0.4, 0.5) is 5.69 Å². The van der Waals surface area contributed by atoms with Crippen LogP contribution in [0.25, 0.3) is 6.08 Å². The highest BCUT2D eigenvalue weighted by Crippen LogP contribution is 2.29. The fourth-order valence-electron chi connectivity index (χ4n) is 2.57. The summed E-state index contributed by atoms with van der Waals surface area (Å²) >= 11 is 24.2. The first-order valence-electron chi connectivity index (χ1n) is 8.90. The van der Waals surface area contributed by atoms with Gasteiger partial charge in [-0.2, -0.15) is 5.26 Å². The summed E-state index contributed by atoms with van der Waals surface area (Å²) < 4.78 is 5.73. The third kappa shape index (κ3) is 6.40. The van der Waals surface area contributed by atoms with E-state index in [0.717, 1.165) is 5.56 Å². The second kappa shape index (κ2) is 10.6. The minimum absolute atomic E-state index is 0.0763. The van der Waals surface area contributed by atoms with Gasteiger partial charge in [-0.25, -0.2) is 0 Å². The largest absolute Gasteiger partial charge is 0.487 e. The average Bonchev–Trinajstić information content (AvgIpc) is 2.74. The molecule has 31 heavy (non-hydrogen) atoms. The second-order valence-electron chi connectivity index (χ2n) is 6.35. The zero-order valence-electron chi connectivity index (χ0n) is 15.8. The Bertz CT molecular complexity index is 1190. The zero-order chi connectivity index (χ0) is 22.4. The molecular formula is C23H14Cl4N2O2. The zero-order valence-corrected chi connectivity index (χ0v) is 18.9. The van der Waals surface area contributed by atoms with E-state index in [0.29, 0.717) is 37.1 Å². The minimum atomic E-state index is -0.543. The van der Waals surface area contributed by atoms with Crippen LogP contribution in [0.15, 0.2) is 66.2 Å². The van der Waals surface area contributed by atoms with Crippen molar-refractivity contribution in [2.24, 2.45) is 0 Å². The number of anilines is 1. The number of nitriles is 1. The molecule has 0 aliphatic heterocycles. The maximum absolute atomic E-state index is 12.4. The van der Waals surface area contributed by atoms with Crippen molar-refractivity contribution in [1.82, 2.24) is 0 Å². The highest BCUT2D eigenvalue weighted by molar-refractivity contribution is 6.35. The van der Waals surface area contributed by atoms with E-state index in [1.54, 1.807) is 60.7 Å². The lowest BCUT2D eigenvalue weighted by atomic mass is 10.1. The molecule has 3 aromatic carbocycles. The summed E-state index contributed by atoms with van der Waals surface area (Å²) in [7, 11) is 0. The highest BCUT2D eigenvalue weighted by atomic mass is 35.5. The van der Waals surface area contributed by atoms with Gasteiger partial charge in [-0.15, -0.1) is 0 Å². The molecule has 1 N–H and O–H groups in total. The van der Waals surface area contributed by atoms with Gasteiger partial charge in [0.15, 0.2) is 0 Å². The molecule has 4 nitrogen and oxygen atoms in total. The Morgan fingerprint density at radius 1 is 0.935 bits per heavy atom. The lowest BCUT2D eigenvalue weighted by molar-refractivity contribution is -0.112. The molecule has 0 aliphatic carbocycles. The molecule has 3 aromatic rings. The Labute approximate surface area is 199 Å². The summed E-state index contributed by atoms with van der Waals surface area (Å²) in [6.07, 6.45) is 1.44. The van der Waals surface area contributed by atoms with E-state index in [9.17, 15) is 10.1 Å². The molecule has 1 amide bonds. The quantitative estimate of drug-likeness (QED) is 0.288. The van der Waals surface area contributed by atoms with E-state index >= 15 is 0 Å². The predicted molar refractivity (Wildman–Crippen MR) is 126 cm³/mol. The number of amides is 1. The van der Waals surface area contributed by atoms with Crippen molar-refractivity contribution in [3.05, 3.63) is 97.5 Å². The molecule has 8 heteroatoms. The van der Waals surface area contributed by atoms with Crippen LogP contribution in [-0.2, 0) is 11.4 Å². The Morgan fingerprint density at radius 3 is 2.29 bits per heavy atom. The van der Waals surface area contributed by atoms with E-state index in [2.05, 4.69) is 5.32 Å². The fourth-order valence-corrected chi connectivity index (χ4v) is 3.40. The average molecular weight is 492 g/mol. The number of hydrogen-bond donors (Lipinski definition) is 1. The number of nitrogens with one attached hydrogen (secondary N) is 1. The third-order valence-electron chi connectivity index (χ3n) is 4.13. The Balaban J connectivity index is 1.71. The second-order valence-corrected chi connectivity index (χ2v) is 8.03. The monoisotopic (exact) mass is 490 g/mol. The maximum Gasteiger partial charge on any atom is 0.266 e. The molecule has 0 aromatic heterocycles. The van der Waals surface area contributed by atoms with E-state index < -0.39 is 5.91 Å². The van der Waals surface area contributed by atoms with Crippen LogP contribution >= 0.6 is 46.4 Å². The molecule has 156 valence electrons. The van der Waals surface area contributed by atoms with E-state index in [1.165, 1.54) is 6.08 Å². The SMILES string of the molecule is N#C/C(=C\c1ccc(OCc2ccc(Cl)cc2Cl)c(Cl)c1)C(=O)Nc1ccc(Cl)cc1. The van der Waals surface area contributed by atoms with Gasteiger partial charge in [-0.3, -0.25) is 4.79 Å². The normalized spacial score (nSPS) is 11.0. The summed E-state index contributed by atoms with van der Waals surface area (Å²) in [5.41, 5.74) is 1.78. The van der Waals surface area contributed by atoms with Crippen LogP contribution in [0, 0.1) is 11.3 Å². The fraction of sp³-hybridized carbons (Fsp3) is 0.0435. The first kappa shape index (κ1) is 23.0. The summed E-state index contributed by atoms with van der Waals surface area (Å²) in [4.78, 5) is 12.4. The smallest absolute Gasteiger partial charge is 0.266 e. The summed E-state index contributed by atoms with van der Waals surface area (Å²) in [6.45, 7) is 0.206. The number of rotatable bonds is 6. The molecule has 0 bridgehead atoms. The molecule has 3 rings (SSSR count). The van der Waals surface area contributed by atoms with Crippen molar-refractivity contribution in [2.45, 2.75) is 6.61 Å². The van der Waals surface area contributed by atoms with Gasteiger partial charge in [0, 0.05) is 26.3 Å². The van der Waals surface area contributed by atoms with E-state index in [1.807, 2.05) is 6.07 Å². The number of benzene rings is 3. The van der Waals surface area contributed by atoms with Gasteiger partial charge >= 0.3 is 0 Å². The van der Waals surface area contributed by atoms with Crippen molar-refractivity contribution < 1.29 is 9.53 Å². The van der Waals surface area contributed by atoms with Crippen LogP contribution < -0.4 is 10.1 Å². The van der Waals surface area contributed by atoms with Crippen molar-refractivity contribution in [3.63, 3.8) is 0 Å².